The van der Waals surface area contributed by atoms with Gasteiger partial charge >= 0.3 is 6.16 Å². The highest BCUT2D eigenvalue weighted by atomic mass is 16.7. The lowest BCUT2D eigenvalue weighted by Crippen LogP contribution is -2.43. The SMILES string of the molecule is Cc1cc(COc2ccc(C(=O)N3CCCC(OC(=O)O)C3)cc2)c2ccccc2n1. The topological polar surface area (TPSA) is 89.0 Å². The number of amides is 1. The maximum Gasteiger partial charge on any atom is 0.506 e. The summed E-state index contributed by atoms with van der Waals surface area (Å²) in [4.78, 5) is 29.7. The number of rotatable bonds is 5. The molecule has 2 aromatic carbocycles. The third-order valence-corrected chi connectivity index (χ3v) is 5.36. The molecule has 4 rings (SSSR count). The summed E-state index contributed by atoms with van der Waals surface area (Å²) in [5, 5.41) is 9.86. The Hall–Kier alpha value is -3.61. The minimum absolute atomic E-state index is 0.138. The number of carbonyl (C=O) groups excluding carboxylic acids is 1. The highest BCUT2D eigenvalue weighted by Crippen LogP contribution is 2.22. The fourth-order valence-electron chi connectivity index (χ4n) is 3.91. The van der Waals surface area contributed by atoms with Crippen molar-refractivity contribution >= 4 is 23.0 Å². The Morgan fingerprint density at radius 3 is 2.71 bits per heavy atom. The molecule has 1 aliphatic rings. The monoisotopic (exact) mass is 420 g/mol. The van der Waals surface area contributed by atoms with Crippen LogP contribution in [0, 0.1) is 6.92 Å². The van der Waals surface area contributed by atoms with Crippen LogP contribution in [0.2, 0.25) is 0 Å². The number of carboxylic acid groups (broad SMARTS) is 1. The van der Waals surface area contributed by atoms with E-state index in [1.165, 1.54) is 0 Å². The second-order valence-electron chi connectivity index (χ2n) is 7.65. The smallest absolute Gasteiger partial charge is 0.489 e. The molecule has 1 aromatic heterocycles. The van der Waals surface area contributed by atoms with Crippen molar-refractivity contribution in [3.63, 3.8) is 0 Å². The van der Waals surface area contributed by atoms with Crippen LogP contribution in [0.3, 0.4) is 0 Å². The maximum absolute atomic E-state index is 12.8. The Morgan fingerprint density at radius 2 is 1.94 bits per heavy atom. The average molecular weight is 420 g/mol. The average Bonchev–Trinajstić information content (AvgIpc) is 2.77. The number of ether oxygens (including phenoxy) is 2. The minimum Gasteiger partial charge on any atom is -0.489 e. The van der Waals surface area contributed by atoms with E-state index in [0.717, 1.165) is 22.2 Å². The lowest BCUT2D eigenvalue weighted by atomic mass is 10.1. The van der Waals surface area contributed by atoms with Crippen LogP contribution in [-0.2, 0) is 11.3 Å². The summed E-state index contributed by atoms with van der Waals surface area (Å²) in [7, 11) is 0. The predicted octanol–water partition coefficient (Wildman–Crippen LogP) is 4.42. The predicted molar refractivity (Wildman–Crippen MR) is 115 cm³/mol. The van der Waals surface area contributed by atoms with Gasteiger partial charge in [-0.05, 0) is 56.2 Å². The van der Waals surface area contributed by atoms with Gasteiger partial charge in [-0.1, -0.05) is 18.2 Å². The first-order chi connectivity index (χ1) is 15.0. The van der Waals surface area contributed by atoms with Crippen LogP contribution in [0.15, 0.2) is 54.6 Å². The third kappa shape index (κ3) is 4.94. The molecule has 7 nitrogen and oxygen atoms in total. The van der Waals surface area contributed by atoms with Gasteiger partial charge in [0.2, 0.25) is 0 Å². The molecule has 1 saturated heterocycles. The molecule has 1 atom stereocenters. The largest absolute Gasteiger partial charge is 0.506 e. The third-order valence-electron chi connectivity index (χ3n) is 5.36. The van der Waals surface area contributed by atoms with E-state index in [2.05, 4.69) is 4.98 Å². The summed E-state index contributed by atoms with van der Waals surface area (Å²) >= 11 is 0. The van der Waals surface area contributed by atoms with Crippen molar-refractivity contribution < 1.29 is 24.2 Å². The Morgan fingerprint density at radius 1 is 1.16 bits per heavy atom. The van der Waals surface area contributed by atoms with E-state index in [0.29, 0.717) is 37.3 Å². The van der Waals surface area contributed by atoms with Crippen LogP contribution in [0.4, 0.5) is 4.79 Å². The zero-order valence-electron chi connectivity index (χ0n) is 17.3. The molecule has 0 bridgehead atoms. The normalized spacial score (nSPS) is 16.2. The number of hydrogen-bond donors (Lipinski definition) is 1. The number of piperidine rings is 1. The molecule has 1 amide bonds. The van der Waals surface area contributed by atoms with E-state index < -0.39 is 12.3 Å². The fourth-order valence-corrected chi connectivity index (χ4v) is 3.91. The molecule has 3 aromatic rings. The van der Waals surface area contributed by atoms with Gasteiger partial charge in [-0.3, -0.25) is 9.78 Å². The molecule has 1 aliphatic heterocycles. The molecule has 1 unspecified atom stereocenters. The van der Waals surface area contributed by atoms with Crippen LogP contribution < -0.4 is 4.74 Å². The molecule has 1 N–H and O–H groups in total. The number of aromatic nitrogens is 1. The Labute approximate surface area is 180 Å². The van der Waals surface area contributed by atoms with Gasteiger partial charge in [-0.25, -0.2) is 4.79 Å². The van der Waals surface area contributed by atoms with E-state index in [1.54, 1.807) is 29.2 Å². The fraction of sp³-hybridized carbons (Fsp3) is 0.292. The van der Waals surface area contributed by atoms with Crippen molar-refractivity contribution in [3.05, 3.63) is 71.4 Å². The van der Waals surface area contributed by atoms with Gasteiger partial charge in [-0.15, -0.1) is 0 Å². The first-order valence-corrected chi connectivity index (χ1v) is 10.3. The number of pyridine rings is 1. The number of para-hydroxylation sites is 1. The van der Waals surface area contributed by atoms with Crippen molar-refractivity contribution in [2.75, 3.05) is 13.1 Å². The number of nitrogens with zero attached hydrogens (tertiary/aromatic N) is 2. The summed E-state index contributed by atoms with van der Waals surface area (Å²) in [6, 6.07) is 17.0. The standard InChI is InChI=1S/C24H24N2O5/c1-16-13-18(21-6-2-3-7-22(21)25-16)15-30-19-10-8-17(9-11-19)23(27)26-12-4-5-20(14-26)31-24(28)29/h2-3,6-11,13,20H,4-5,12,14-15H2,1H3,(H,28,29). The molecule has 0 radical (unpaired) electrons. The second kappa shape index (κ2) is 9.04. The molecule has 160 valence electrons. The van der Waals surface area contributed by atoms with E-state index in [4.69, 9.17) is 14.6 Å². The highest BCUT2D eigenvalue weighted by Gasteiger charge is 2.26. The molecular formula is C24H24N2O5. The van der Waals surface area contributed by atoms with Gasteiger partial charge in [0, 0.05) is 28.8 Å². The van der Waals surface area contributed by atoms with Crippen LogP contribution in [0.25, 0.3) is 10.9 Å². The first-order valence-electron chi connectivity index (χ1n) is 10.3. The van der Waals surface area contributed by atoms with E-state index in [1.807, 2.05) is 37.3 Å². The first kappa shape index (κ1) is 20.7. The lowest BCUT2D eigenvalue weighted by Gasteiger charge is -2.31. The van der Waals surface area contributed by atoms with Crippen molar-refractivity contribution in [3.8, 4) is 5.75 Å². The van der Waals surface area contributed by atoms with E-state index in [9.17, 15) is 9.59 Å². The zero-order valence-corrected chi connectivity index (χ0v) is 17.3. The van der Waals surface area contributed by atoms with Crippen molar-refractivity contribution in [1.29, 1.82) is 0 Å². The molecule has 0 aliphatic carbocycles. The molecule has 31 heavy (non-hydrogen) atoms. The van der Waals surface area contributed by atoms with Crippen molar-refractivity contribution in [2.45, 2.75) is 32.5 Å². The summed E-state index contributed by atoms with van der Waals surface area (Å²) in [6.07, 6.45) is -0.439. The molecular weight excluding hydrogens is 396 g/mol. The van der Waals surface area contributed by atoms with Crippen LogP contribution in [0.1, 0.15) is 34.5 Å². The number of benzene rings is 2. The number of aryl methyl sites for hydroxylation is 1. The molecule has 0 spiro atoms. The number of fused-ring (bicyclic) bond motifs is 1. The minimum atomic E-state index is -1.31. The van der Waals surface area contributed by atoms with Gasteiger partial charge in [0.05, 0.1) is 12.1 Å². The lowest BCUT2D eigenvalue weighted by molar-refractivity contribution is 0.0131. The quantitative estimate of drug-likeness (QED) is 0.615. The van der Waals surface area contributed by atoms with Crippen LogP contribution in [0.5, 0.6) is 5.75 Å². The molecule has 7 heteroatoms. The summed E-state index contributed by atoms with van der Waals surface area (Å²) in [6.45, 7) is 3.23. The summed E-state index contributed by atoms with van der Waals surface area (Å²) in [5.41, 5.74) is 3.47. The van der Waals surface area contributed by atoms with Gasteiger partial charge in [0.1, 0.15) is 18.5 Å². The Kier molecular flexibility index (Phi) is 6.02. The number of hydrogen-bond acceptors (Lipinski definition) is 5. The van der Waals surface area contributed by atoms with Gasteiger partial charge < -0.3 is 19.5 Å². The zero-order chi connectivity index (χ0) is 21.8. The Bertz CT molecular complexity index is 1100. The van der Waals surface area contributed by atoms with Crippen LogP contribution in [-0.4, -0.2) is 46.2 Å². The number of carbonyl (C=O) groups is 2. The molecule has 1 fully saturated rings. The van der Waals surface area contributed by atoms with E-state index in [-0.39, 0.29) is 12.5 Å². The van der Waals surface area contributed by atoms with Crippen LogP contribution >= 0.6 is 0 Å². The van der Waals surface area contributed by atoms with E-state index >= 15 is 0 Å². The summed E-state index contributed by atoms with van der Waals surface area (Å²) in [5.74, 6) is 0.529. The number of likely N-dealkylation sites (tertiary alicyclic amines) is 1. The molecule has 0 saturated carbocycles. The summed E-state index contributed by atoms with van der Waals surface area (Å²) < 4.78 is 10.8. The maximum atomic E-state index is 12.8. The van der Waals surface area contributed by atoms with Crippen molar-refractivity contribution in [2.24, 2.45) is 0 Å². The van der Waals surface area contributed by atoms with Crippen molar-refractivity contribution in [1.82, 2.24) is 9.88 Å². The van der Waals surface area contributed by atoms with Gasteiger partial charge in [0.25, 0.3) is 5.91 Å². The van der Waals surface area contributed by atoms with Gasteiger partial charge in [-0.2, -0.15) is 0 Å². The highest BCUT2D eigenvalue weighted by molar-refractivity contribution is 5.94. The Balaban J connectivity index is 1.41. The second-order valence-corrected chi connectivity index (χ2v) is 7.65. The molecule has 2 heterocycles. The van der Waals surface area contributed by atoms with Gasteiger partial charge in [0.15, 0.2) is 0 Å².